The molecule has 0 spiro atoms. The maximum absolute atomic E-state index is 12.8. The molecule has 0 atom stereocenters. The number of ether oxygens (including phenoxy) is 1. The Morgan fingerprint density at radius 1 is 1.22 bits per heavy atom. The largest absolute Gasteiger partial charge is 0.492 e. The van der Waals surface area contributed by atoms with E-state index in [1.165, 1.54) is 28.6 Å². The Morgan fingerprint density at radius 2 is 1.83 bits per heavy atom. The average molecular weight is 342 g/mol. The molecular formula is C16H23FN2O3S. The monoisotopic (exact) mass is 342 g/mol. The minimum absolute atomic E-state index is 0.0555. The first kappa shape index (κ1) is 17.9. The Morgan fingerprint density at radius 3 is 2.39 bits per heavy atom. The lowest BCUT2D eigenvalue weighted by atomic mass is 10.3. The predicted octanol–water partition coefficient (Wildman–Crippen LogP) is 1.73. The summed E-state index contributed by atoms with van der Waals surface area (Å²) in [6.45, 7) is 9.12. The number of nitrogens with zero attached hydrogens (tertiary/aromatic N) is 2. The van der Waals surface area contributed by atoms with Crippen molar-refractivity contribution in [3.63, 3.8) is 0 Å². The van der Waals surface area contributed by atoms with Crippen LogP contribution in [0.3, 0.4) is 0 Å². The molecule has 0 radical (unpaired) electrons. The second kappa shape index (κ2) is 7.90. The molecule has 1 aliphatic rings. The van der Waals surface area contributed by atoms with Gasteiger partial charge < -0.3 is 4.74 Å². The van der Waals surface area contributed by atoms with Crippen molar-refractivity contribution in [2.24, 2.45) is 0 Å². The highest BCUT2D eigenvalue weighted by atomic mass is 32.2. The van der Waals surface area contributed by atoms with Crippen LogP contribution in [0.1, 0.15) is 6.92 Å². The van der Waals surface area contributed by atoms with E-state index in [1.807, 2.05) is 6.92 Å². The normalized spacial score (nSPS) is 17.1. The van der Waals surface area contributed by atoms with E-state index >= 15 is 0 Å². The molecule has 128 valence electrons. The van der Waals surface area contributed by atoms with E-state index in [0.29, 0.717) is 31.9 Å². The fourth-order valence-electron chi connectivity index (χ4n) is 2.47. The molecule has 1 heterocycles. The van der Waals surface area contributed by atoms with Crippen molar-refractivity contribution in [1.29, 1.82) is 0 Å². The van der Waals surface area contributed by atoms with Gasteiger partial charge in [0.05, 0.1) is 5.75 Å². The van der Waals surface area contributed by atoms with E-state index in [9.17, 15) is 12.8 Å². The highest BCUT2D eigenvalue weighted by molar-refractivity contribution is 7.89. The lowest BCUT2D eigenvalue weighted by Crippen LogP contribution is -2.49. The molecule has 1 aliphatic heterocycles. The number of hydrogen-bond acceptors (Lipinski definition) is 4. The van der Waals surface area contributed by atoms with E-state index < -0.39 is 10.0 Å². The molecule has 0 unspecified atom stereocenters. The van der Waals surface area contributed by atoms with E-state index in [2.05, 4.69) is 11.5 Å². The molecule has 0 amide bonds. The van der Waals surface area contributed by atoms with E-state index in [4.69, 9.17) is 4.74 Å². The van der Waals surface area contributed by atoms with Crippen molar-refractivity contribution < 1.29 is 17.5 Å². The molecule has 2 rings (SSSR count). The van der Waals surface area contributed by atoms with Gasteiger partial charge in [-0.25, -0.2) is 12.8 Å². The van der Waals surface area contributed by atoms with Gasteiger partial charge in [0.2, 0.25) is 10.0 Å². The lowest BCUT2D eigenvalue weighted by Gasteiger charge is -2.34. The molecule has 0 N–H and O–H groups in total. The Bertz CT molecular complexity index is 623. The van der Waals surface area contributed by atoms with Gasteiger partial charge in [0.15, 0.2) is 0 Å². The van der Waals surface area contributed by atoms with Gasteiger partial charge in [-0.15, -0.1) is 0 Å². The molecule has 1 saturated heterocycles. The topological polar surface area (TPSA) is 49.9 Å². The number of rotatable bonds is 7. The first-order valence-corrected chi connectivity index (χ1v) is 9.21. The van der Waals surface area contributed by atoms with Gasteiger partial charge in [0.1, 0.15) is 18.2 Å². The van der Waals surface area contributed by atoms with Gasteiger partial charge in [0.25, 0.3) is 0 Å². The second-order valence-corrected chi connectivity index (χ2v) is 7.84. The third-order valence-corrected chi connectivity index (χ3v) is 5.48. The SMILES string of the molecule is C=C(C)CN1CCN(S(=O)(=O)CCOc2ccc(F)cc2)CC1. The molecular weight excluding hydrogens is 319 g/mol. The fourth-order valence-corrected chi connectivity index (χ4v) is 3.74. The number of piperazine rings is 1. The standard InChI is InChI=1S/C16H23FN2O3S/c1-14(2)13-18-7-9-19(10-8-18)23(20,21)12-11-22-16-5-3-15(17)4-6-16/h3-6H,1,7-13H2,2H3. The smallest absolute Gasteiger partial charge is 0.217 e. The van der Waals surface area contributed by atoms with Crippen LogP contribution in [-0.4, -0.2) is 62.7 Å². The Labute approximate surface area is 137 Å². The maximum atomic E-state index is 12.8. The summed E-state index contributed by atoms with van der Waals surface area (Å²) in [7, 11) is -3.33. The molecule has 0 bridgehead atoms. The summed E-state index contributed by atoms with van der Waals surface area (Å²) in [6, 6.07) is 5.53. The first-order chi connectivity index (χ1) is 10.9. The highest BCUT2D eigenvalue weighted by Crippen LogP contribution is 2.13. The fraction of sp³-hybridized carbons (Fsp3) is 0.500. The molecule has 7 heteroatoms. The molecule has 0 aromatic heterocycles. The van der Waals surface area contributed by atoms with Crippen LogP contribution >= 0.6 is 0 Å². The Hall–Kier alpha value is -1.44. The summed E-state index contributed by atoms with van der Waals surface area (Å²) in [5.74, 6) is 0.0377. The quantitative estimate of drug-likeness (QED) is 0.708. The van der Waals surface area contributed by atoms with Gasteiger partial charge in [-0.3, -0.25) is 4.90 Å². The summed E-state index contributed by atoms with van der Waals surface area (Å²) >= 11 is 0. The summed E-state index contributed by atoms with van der Waals surface area (Å²) in [5.41, 5.74) is 1.08. The van der Waals surface area contributed by atoms with Crippen LogP contribution in [-0.2, 0) is 10.0 Å². The summed E-state index contributed by atoms with van der Waals surface area (Å²) in [5, 5.41) is 0. The van der Waals surface area contributed by atoms with Crippen molar-refractivity contribution in [3.05, 3.63) is 42.2 Å². The zero-order chi connectivity index (χ0) is 16.9. The summed E-state index contributed by atoms with van der Waals surface area (Å²) in [4.78, 5) is 2.20. The molecule has 1 aromatic rings. The first-order valence-electron chi connectivity index (χ1n) is 7.60. The number of sulfonamides is 1. The van der Waals surface area contributed by atoms with Gasteiger partial charge in [-0.1, -0.05) is 12.2 Å². The third-order valence-electron chi connectivity index (χ3n) is 3.64. The van der Waals surface area contributed by atoms with Crippen molar-refractivity contribution in [2.45, 2.75) is 6.92 Å². The van der Waals surface area contributed by atoms with Gasteiger partial charge in [-0.05, 0) is 31.2 Å². The second-order valence-electron chi connectivity index (χ2n) is 5.75. The lowest BCUT2D eigenvalue weighted by molar-refractivity contribution is 0.200. The zero-order valence-electron chi connectivity index (χ0n) is 13.4. The van der Waals surface area contributed by atoms with Gasteiger partial charge in [0, 0.05) is 32.7 Å². The zero-order valence-corrected chi connectivity index (χ0v) is 14.2. The molecule has 1 fully saturated rings. The average Bonchev–Trinajstić information content (AvgIpc) is 2.49. The van der Waals surface area contributed by atoms with Crippen molar-refractivity contribution in [1.82, 2.24) is 9.21 Å². The van der Waals surface area contributed by atoms with Gasteiger partial charge >= 0.3 is 0 Å². The van der Waals surface area contributed by atoms with E-state index in [1.54, 1.807) is 0 Å². The van der Waals surface area contributed by atoms with Crippen LogP contribution in [0.4, 0.5) is 4.39 Å². The van der Waals surface area contributed by atoms with E-state index in [-0.39, 0.29) is 18.2 Å². The summed E-state index contributed by atoms with van der Waals surface area (Å²) in [6.07, 6.45) is 0. The molecule has 23 heavy (non-hydrogen) atoms. The Balaban J connectivity index is 1.78. The molecule has 0 saturated carbocycles. The van der Waals surface area contributed by atoms with Crippen LogP contribution in [0.2, 0.25) is 0 Å². The Kier molecular flexibility index (Phi) is 6.15. The van der Waals surface area contributed by atoms with Crippen LogP contribution < -0.4 is 4.74 Å². The minimum Gasteiger partial charge on any atom is -0.492 e. The van der Waals surface area contributed by atoms with E-state index in [0.717, 1.165) is 12.1 Å². The van der Waals surface area contributed by atoms with Crippen molar-refractivity contribution in [3.8, 4) is 5.75 Å². The molecule has 0 aliphatic carbocycles. The van der Waals surface area contributed by atoms with Crippen LogP contribution in [0.15, 0.2) is 36.4 Å². The number of benzene rings is 1. The molecule has 1 aromatic carbocycles. The minimum atomic E-state index is -3.33. The summed E-state index contributed by atoms with van der Waals surface area (Å²) < 4.78 is 44.3. The number of halogens is 1. The third kappa shape index (κ3) is 5.60. The van der Waals surface area contributed by atoms with Crippen LogP contribution in [0, 0.1) is 5.82 Å². The van der Waals surface area contributed by atoms with Crippen molar-refractivity contribution in [2.75, 3.05) is 45.1 Å². The maximum Gasteiger partial charge on any atom is 0.217 e. The van der Waals surface area contributed by atoms with Crippen LogP contribution in [0.5, 0.6) is 5.75 Å². The predicted molar refractivity (Wildman–Crippen MR) is 88.5 cm³/mol. The van der Waals surface area contributed by atoms with Crippen LogP contribution in [0.25, 0.3) is 0 Å². The van der Waals surface area contributed by atoms with Gasteiger partial charge in [-0.2, -0.15) is 4.31 Å². The highest BCUT2D eigenvalue weighted by Gasteiger charge is 2.26. The van der Waals surface area contributed by atoms with Crippen molar-refractivity contribution >= 4 is 10.0 Å². The number of hydrogen-bond donors (Lipinski definition) is 0. The molecule has 5 nitrogen and oxygen atoms in total.